The van der Waals surface area contributed by atoms with Gasteiger partial charge in [0.1, 0.15) is 5.60 Å². The first-order valence-corrected chi connectivity index (χ1v) is 6.00. The number of carboxylic acids is 1. The molecule has 2 rings (SSSR count). The second kappa shape index (κ2) is 3.89. The fourth-order valence-corrected chi connectivity index (χ4v) is 2.69. The molecule has 0 spiro atoms. The summed E-state index contributed by atoms with van der Waals surface area (Å²) >= 11 is 0. The number of aliphatic carboxylic acids is 1. The van der Waals surface area contributed by atoms with Crippen LogP contribution in [0.4, 0.5) is 4.79 Å². The number of carboxylic acid groups (broad SMARTS) is 1. The Morgan fingerprint density at radius 2 is 1.88 bits per heavy atom. The third-order valence-electron chi connectivity index (χ3n) is 3.45. The Hall–Kier alpha value is -1.26. The van der Waals surface area contributed by atoms with Crippen LogP contribution in [0.1, 0.15) is 33.6 Å². The highest BCUT2D eigenvalue weighted by molar-refractivity contribution is 5.73. The molecule has 5 nitrogen and oxygen atoms in total. The van der Waals surface area contributed by atoms with Gasteiger partial charge in [-0.1, -0.05) is 0 Å². The number of hydrogen-bond acceptors (Lipinski definition) is 3. The van der Waals surface area contributed by atoms with E-state index in [4.69, 9.17) is 9.84 Å². The molecule has 0 bridgehead atoms. The molecule has 2 fully saturated rings. The van der Waals surface area contributed by atoms with Crippen LogP contribution < -0.4 is 5.32 Å². The van der Waals surface area contributed by atoms with Crippen molar-refractivity contribution in [2.75, 3.05) is 0 Å². The van der Waals surface area contributed by atoms with Gasteiger partial charge in [0, 0.05) is 6.04 Å². The summed E-state index contributed by atoms with van der Waals surface area (Å²) in [6, 6.07) is -0.0315. The Bertz CT molecular complexity index is 347. The molecule has 4 unspecified atom stereocenters. The molecule has 0 aromatic heterocycles. The van der Waals surface area contributed by atoms with Crippen molar-refractivity contribution in [3.63, 3.8) is 0 Å². The van der Waals surface area contributed by atoms with Crippen molar-refractivity contribution in [3.8, 4) is 0 Å². The molecule has 0 aromatic carbocycles. The van der Waals surface area contributed by atoms with Crippen LogP contribution in [0.15, 0.2) is 0 Å². The minimum absolute atomic E-state index is 0.0315. The maximum atomic E-state index is 11.6. The summed E-state index contributed by atoms with van der Waals surface area (Å²) in [5.41, 5.74) is -0.516. The normalized spacial score (nSPS) is 35.0. The Morgan fingerprint density at radius 3 is 2.35 bits per heavy atom. The minimum atomic E-state index is -0.744. The first-order valence-electron chi connectivity index (χ1n) is 6.00. The number of rotatable bonds is 2. The van der Waals surface area contributed by atoms with Crippen molar-refractivity contribution >= 4 is 12.1 Å². The van der Waals surface area contributed by atoms with Crippen molar-refractivity contribution in [1.29, 1.82) is 0 Å². The molecule has 5 heteroatoms. The number of carbonyl (C=O) groups excluding carboxylic acids is 1. The van der Waals surface area contributed by atoms with Gasteiger partial charge in [0.2, 0.25) is 0 Å². The molecule has 2 saturated carbocycles. The van der Waals surface area contributed by atoms with Crippen LogP contribution in [0.2, 0.25) is 0 Å². The minimum Gasteiger partial charge on any atom is -0.481 e. The average Bonchev–Trinajstić information content (AvgIpc) is 2.82. The van der Waals surface area contributed by atoms with Crippen molar-refractivity contribution in [3.05, 3.63) is 0 Å². The molecular weight excluding hydrogens is 222 g/mol. The quantitative estimate of drug-likeness (QED) is 0.770. The second-order valence-electron chi connectivity index (χ2n) is 6.00. The van der Waals surface area contributed by atoms with Crippen molar-refractivity contribution < 1.29 is 19.4 Å². The highest BCUT2D eigenvalue weighted by atomic mass is 16.6. The van der Waals surface area contributed by atoms with Crippen LogP contribution in [0.5, 0.6) is 0 Å². The molecule has 0 aliphatic heterocycles. The van der Waals surface area contributed by atoms with E-state index in [1.165, 1.54) is 0 Å². The van der Waals surface area contributed by atoms with E-state index in [-0.39, 0.29) is 17.9 Å². The molecule has 2 N–H and O–H groups in total. The standard InChI is InChI=1S/C12H19NO4/c1-12(2,3)17-11(16)13-9-5-8(10(14)15)6-4-7(6)9/h6-9H,4-5H2,1-3H3,(H,13,16)(H,14,15). The van der Waals surface area contributed by atoms with Gasteiger partial charge < -0.3 is 15.2 Å². The van der Waals surface area contributed by atoms with Crippen LogP contribution in [0, 0.1) is 17.8 Å². The lowest BCUT2D eigenvalue weighted by molar-refractivity contribution is -0.142. The Morgan fingerprint density at radius 1 is 1.24 bits per heavy atom. The summed E-state index contributed by atoms with van der Waals surface area (Å²) in [6.07, 6.45) is 1.00. The fourth-order valence-electron chi connectivity index (χ4n) is 2.69. The number of nitrogens with one attached hydrogen (secondary N) is 1. The third kappa shape index (κ3) is 2.70. The third-order valence-corrected chi connectivity index (χ3v) is 3.45. The second-order valence-corrected chi connectivity index (χ2v) is 6.00. The molecule has 17 heavy (non-hydrogen) atoms. The van der Waals surface area contributed by atoms with E-state index in [1.807, 2.05) is 0 Å². The van der Waals surface area contributed by atoms with E-state index in [9.17, 15) is 9.59 Å². The van der Waals surface area contributed by atoms with Gasteiger partial charge in [-0.25, -0.2) is 4.79 Å². The molecule has 2 aliphatic carbocycles. The van der Waals surface area contributed by atoms with Crippen LogP contribution in [-0.4, -0.2) is 28.8 Å². The molecule has 96 valence electrons. The lowest BCUT2D eigenvalue weighted by atomic mass is 10.0. The van der Waals surface area contributed by atoms with Crippen LogP contribution in [-0.2, 0) is 9.53 Å². The van der Waals surface area contributed by atoms with Gasteiger partial charge in [0.05, 0.1) is 5.92 Å². The number of hydrogen-bond donors (Lipinski definition) is 2. The smallest absolute Gasteiger partial charge is 0.407 e. The van der Waals surface area contributed by atoms with Gasteiger partial charge in [-0.3, -0.25) is 4.79 Å². The fraction of sp³-hybridized carbons (Fsp3) is 0.833. The summed E-state index contributed by atoms with van der Waals surface area (Å²) in [4.78, 5) is 22.5. The highest BCUT2D eigenvalue weighted by Gasteiger charge is 2.57. The van der Waals surface area contributed by atoms with Gasteiger partial charge in [0.15, 0.2) is 0 Å². The molecule has 0 heterocycles. The highest BCUT2D eigenvalue weighted by Crippen LogP contribution is 2.55. The Kier molecular flexibility index (Phi) is 2.79. The summed E-state index contributed by atoms with van der Waals surface area (Å²) in [5.74, 6) is -0.443. The zero-order valence-electron chi connectivity index (χ0n) is 10.4. The van der Waals surface area contributed by atoms with Crippen molar-refractivity contribution in [1.82, 2.24) is 5.32 Å². The number of alkyl carbamates (subject to hydrolysis) is 1. The monoisotopic (exact) mass is 241 g/mol. The Labute approximate surface area is 101 Å². The maximum absolute atomic E-state index is 11.6. The van der Waals surface area contributed by atoms with Gasteiger partial charge in [-0.05, 0) is 45.4 Å². The lowest BCUT2D eigenvalue weighted by Crippen LogP contribution is -2.39. The molecular formula is C12H19NO4. The largest absolute Gasteiger partial charge is 0.481 e. The molecule has 4 atom stereocenters. The van der Waals surface area contributed by atoms with Gasteiger partial charge in [0.25, 0.3) is 0 Å². The number of fused-ring (bicyclic) bond motifs is 1. The van der Waals surface area contributed by atoms with Crippen LogP contribution in [0.3, 0.4) is 0 Å². The predicted octanol–water partition coefficient (Wildman–Crippen LogP) is 1.62. The van der Waals surface area contributed by atoms with Crippen LogP contribution in [0.25, 0.3) is 0 Å². The zero-order valence-corrected chi connectivity index (χ0v) is 10.4. The van der Waals surface area contributed by atoms with Crippen molar-refractivity contribution in [2.45, 2.75) is 45.3 Å². The molecule has 1 amide bonds. The molecule has 0 aromatic rings. The van der Waals surface area contributed by atoms with Gasteiger partial charge in [-0.2, -0.15) is 0 Å². The predicted molar refractivity (Wildman–Crippen MR) is 60.5 cm³/mol. The topological polar surface area (TPSA) is 75.6 Å². The summed E-state index contributed by atoms with van der Waals surface area (Å²) in [7, 11) is 0. The summed E-state index contributed by atoms with van der Waals surface area (Å²) in [6.45, 7) is 5.42. The van der Waals surface area contributed by atoms with E-state index < -0.39 is 17.7 Å². The first kappa shape index (κ1) is 12.2. The first-order chi connectivity index (χ1) is 7.78. The Balaban J connectivity index is 1.86. The van der Waals surface area contributed by atoms with Gasteiger partial charge >= 0.3 is 12.1 Å². The number of ether oxygens (including phenoxy) is 1. The lowest BCUT2D eigenvalue weighted by Gasteiger charge is -2.22. The van der Waals surface area contributed by atoms with Crippen LogP contribution >= 0.6 is 0 Å². The van der Waals surface area contributed by atoms with E-state index >= 15 is 0 Å². The molecule has 2 aliphatic rings. The molecule has 0 saturated heterocycles. The van der Waals surface area contributed by atoms with Crippen molar-refractivity contribution in [2.24, 2.45) is 17.8 Å². The maximum Gasteiger partial charge on any atom is 0.407 e. The van der Waals surface area contributed by atoms with E-state index in [0.29, 0.717) is 12.3 Å². The SMILES string of the molecule is CC(C)(C)OC(=O)NC1CC(C(=O)O)C2CC12. The zero-order chi connectivity index (χ0) is 12.8. The van der Waals surface area contributed by atoms with E-state index in [1.54, 1.807) is 20.8 Å². The molecule has 0 radical (unpaired) electrons. The average molecular weight is 241 g/mol. The van der Waals surface area contributed by atoms with E-state index in [0.717, 1.165) is 6.42 Å². The summed E-state index contributed by atoms with van der Waals surface area (Å²) < 4.78 is 5.16. The van der Waals surface area contributed by atoms with Gasteiger partial charge in [-0.15, -0.1) is 0 Å². The summed E-state index contributed by atoms with van der Waals surface area (Å²) in [5, 5.41) is 11.8. The number of amides is 1. The van der Waals surface area contributed by atoms with E-state index in [2.05, 4.69) is 5.32 Å². The number of carbonyl (C=O) groups is 2.